The second kappa shape index (κ2) is 6.64. The first-order chi connectivity index (χ1) is 8.06. The molecular weight excluding hydrogens is 280 g/mol. The van der Waals surface area contributed by atoms with Gasteiger partial charge in [-0.3, -0.25) is 4.79 Å². The molecule has 0 heterocycles. The number of nitrogens with zero attached hydrogens (tertiary/aromatic N) is 1. The highest BCUT2D eigenvalue weighted by atomic mass is 79.9. The van der Waals surface area contributed by atoms with E-state index in [1.807, 2.05) is 13.1 Å². The van der Waals surface area contributed by atoms with Crippen LogP contribution < -0.4 is 5.73 Å². The van der Waals surface area contributed by atoms with Gasteiger partial charge in [0.25, 0.3) is 5.91 Å². The molecule has 0 aliphatic rings. The predicted molar refractivity (Wildman–Crippen MR) is 75.0 cm³/mol. The molecule has 1 amide bonds. The van der Waals surface area contributed by atoms with Gasteiger partial charge in [0.15, 0.2) is 0 Å². The molecule has 94 valence electrons. The van der Waals surface area contributed by atoms with E-state index >= 15 is 0 Å². The van der Waals surface area contributed by atoms with Crippen molar-refractivity contribution in [1.29, 1.82) is 0 Å². The molecule has 0 aliphatic carbocycles. The lowest BCUT2D eigenvalue weighted by Gasteiger charge is -2.18. The molecule has 1 rings (SSSR count). The van der Waals surface area contributed by atoms with Crippen LogP contribution in [-0.2, 0) is 0 Å². The Balaban J connectivity index is 2.71. The van der Waals surface area contributed by atoms with Crippen molar-refractivity contribution in [3.8, 4) is 0 Å². The van der Waals surface area contributed by atoms with Gasteiger partial charge in [-0.2, -0.15) is 0 Å². The molecule has 0 atom stereocenters. The van der Waals surface area contributed by atoms with E-state index in [2.05, 4.69) is 22.9 Å². The number of amides is 1. The van der Waals surface area contributed by atoms with Gasteiger partial charge in [-0.1, -0.05) is 19.8 Å². The monoisotopic (exact) mass is 298 g/mol. The average Bonchev–Trinajstić information content (AvgIpc) is 2.31. The van der Waals surface area contributed by atoms with E-state index in [1.165, 1.54) is 0 Å². The molecule has 0 aromatic heterocycles. The number of halogens is 1. The van der Waals surface area contributed by atoms with Crippen LogP contribution in [0.1, 0.15) is 36.5 Å². The van der Waals surface area contributed by atoms with E-state index in [0.717, 1.165) is 30.3 Å². The minimum Gasteiger partial charge on any atom is -0.399 e. The largest absolute Gasteiger partial charge is 0.399 e. The molecule has 0 fully saturated rings. The van der Waals surface area contributed by atoms with Gasteiger partial charge in [-0.25, -0.2) is 0 Å². The molecule has 1 aromatic rings. The second-order valence-corrected chi connectivity index (χ2v) is 5.03. The van der Waals surface area contributed by atoms with E-state index in [0.29, 0.717) is 11.3 Å². The van der Waals surface area contributed by atoms with Crippen molar-refractivity contribution in [3.63, 3.8) is 0 Å². The summed E-state index contributed by atoms with van der Waals surface area (Å²) in [5.41, 5.74) is 6.93. The lowest BCUT2D eigenvalue weighted by Crippen LogP contribution is -2.28. The Labute approximate surface area is 111 Å². The Morgan fingerprint density at radius 1 is 1.41 bits per heavy atom. The first-order valence-corrected chi connectivity index (χ1v) is 6.66. The van der Waals surface area contributed by atoms with Gasteiger partial charge in [-0.15, -0.1) is 0 Å². The molecule has 0 saturated heterocycles. The maximum atomic E-state index is 12.2. The maximum absolute atomic E-state index is 12.2. The van der Waals surface area contributed by atoms with Crippen LogP contribution in [0.5, 0.6) is 0 Å². The molecule has 0 aliphatic heterocycles. The van der Waals surface area contributed by atoms with Gasteiger partial charge in [-0.05, 0) is 40.5 Å². The van der Waals surface area contributed by atoms with Crippen molar-refractivity contribution in [3.05, 3.63) is 28.2 Å². The van der Waals surface area contributed by atoms with Crippen molar-refractivity contribution in [2.75, 3.05) is 19.3 Å². The van der Waals surface area contributed by atoms with E-state index < -0.39 is 0 Å². The van der Waals surface area contributed by atoms with E-state index in [-0.39, 0.29) is 5.91 Å². The number of nitrogens with two attached hydrogens (primary N) is 1. The number of nitrogen functional groups attached to an aromatic ring is 1. The normalized spacial score (nSPS) is 10.3. The number of hydrogen-bond acceptors (Lipinski definition) is 2. The standard InChI is InChI=1S/C13H19BrN2O/c1-3-4-5-8-16(2)13(17)11-9-10(15)6-7-12(11)14/h6-7,9H,3-5,8,15H2,1-2H3. The van der Waals surface area contributed by atoms with Gasteiger partial charge in [0.2, 0.25) is 0 Å². The molecule has 1 aromatic carbocycles. The summed E-state index contributed by atoms with van der Waals surface area (Å²) in [5.74, 6) is 0.0141. The molecule has 3 nitrogen and oxygen atoms in total. The lowest BCUT2D eigenvalue weighted by molar-refractivity contribution is 0.0792. The van der Waals surface area contributed by atoms with Gasteiger partial charge < -0.3 is 10.6 Å². The molecule has 17 heavy (non-hydrogen) atoms. The second-order valence-electron chi connectivity index (χ2n) is 4.17. The third-order valence-corrected chi connectivity index (χ3v) is 3.36. The smallest absolute Gasteiger partial charge is 0.254 e. The SMILES string of the molecule is CCCCCN(C)C(=O)c1cc(N)ccc1Br. The van der Waals surface area contributed by atoms with Crippen LogP contribution in [0, 0.1) is 0 Å². The molecule has 0 radical (unpaired) electrons. The number of benzene rings is 1. The number of carbonyl (C=O) groups is 1. The zero-order valence-corrected chi connectivity index (χ0v) is 12.0. The van der Waals surface area contributed by atoms with Gasteiger partial charge in [0.1, 0.15) is 0 Å². The number of carbonyl (C=O) groups excluding carboxylic acids is 1. The van der Waals surface area contributed by atoms with Crippen LogP contribution >= 0.6 is 15.9 Å². The van der Waals surface area contributed by atoms with E-state index in [9.17, 15) is 4.79 Å². The van der Waals surface area contributed by atoms with Crippen LogP contribution in [0.25, 0.3) is 0 Å². The third kappa shape index (κ3) is 4.04. The van der Waals surface area contributed by atoms with Crippen LogP contribution in [0.15, 0.2) is 22.7 Å². The highest BCUT2D eigenvalue weighted by Gasteiger charge is 2.14. The number of anilines is 1. The van der Waals surface area contributed by atoms with Crippen molar-refractivity contribution < 1.29 is 4.79 Å². The van der Waals surface area contributed by atoms with Crippen molar-refractivity contribution in [2.45, 2.75) is 26.2 Å². The zero-order chi connectivity index (χ0) is 12.8. The Morgan fingerprint density at radius 3 is 2.76 bits per heavy atom. The summed E-state index contributed by atoms with van der Waals surface area (Å²) in [6.45, 7) is 2.93. The Bertz CT molecular complexity index is 393. The first kappa shape index (κ1) is 14.0. The maximum Gasteiger partial charge on any atom is 0.254 e. The van der Waals surface area contributed by atoms with Crippen LogP contribution in [-0.4, -0.2) is 24.4 Å². The van der Waals surface area contributed by atoms with Crippen molar-refractivity contribution >= 4 is 27.5 Å². The fraction of sp³-hybridized carbons (Fsp3) is 0.462. The van der Waals surface area contributed by atoms with E-state index in [4.69, 9.17) is 5.73 Å². The summed E-state index contributed by atoms with van der Waals surface area (Å²) < 4.78 is 0.791. The van der Waals surface area contributed by atoms with Crippen molar-refractivity contribution in [1.82, 2.24) is 4.90 Å². The minimum absolute atomic E-state index is 0.0141. The van der Waals surface area contributed by atoms with Crippen LogP contribution in [0.3, 0.4) is 0 Å². The summed E-state index contributed by atoms with van der Waals surface area (Å²) >= 11 is 3.38. The van der Waals surface area contributed by atoms with Gasteiger partial charge >= 0.3 is 0 Å². The van der Waals surface area contributed by atoms with Gasteiger partial charge in [0.05, 0.1) is 5.56 Å². The third-order valence-electron chi connectivity index (χ3n) is 2.66. The van der Waals surface area contributed by atoms with E-state index in [1.54, 1.807) is 17.0 Å². The molecular formula is C13H19BrN2O. The summed E-state index contributed by atoms with van der Waals surface area (Å²) in [6.07, 6.45) is 3.35. The van der Waals surface area contributed by atoms with Crippen LogP contribution in [0.4, 0.5) is 5.69 Å². The number of rotatable bonds is 5. The Morgan fingerprint density at radius 2 is 2.12 bits per heavy atom. The number of unbranched alkanes of at least 4 members (excludes halogenated alkanes) is 2. The molecule has 0 unspecified atom stereocenters. The van der Waals surface area contributed by atoms with Crippen LogP contribution in [0.2, 0.25) is 0 Å². The summed E-state index contributed by atoms with van der Waals surface area (Å²) in [7, 11) is 1.83. The quantitative estimate of drug-likeness (QED) is 0.670. The predicted octanol–water partition coefficient (Wildman–Crippen LogP) is 3.29. The fourth-order valence-electron chi connectivity index (χ4n) is 1.61. The summed E-state index contributed by atoms with van der Waals surface area (Å²) in [4.78, 5) is 13.9. The highest BCUT2D eigenvalue weighted by Crippen LogP contribution is 2.21. The molecule has 0 saturated carbocycles. The Hall–Kier alpha value is -1.03. The average molecular weight is 299 g/mol. The summed E-state index contributed by atoms with van der Waals surface area (Å²) in [6, 6.07) is 5.29. The molecule has 4 heteroatoms. The molecule has 2 N–H and O–H groups in total. The fourth-order valence-corrected chi connectivity index (χ4v) is 2.03. The lowest BCUT2D eigenvalue weighted by atomic mass is 10.1. The summed E-state index contributed by atoms with van der Waals surface area (Å²) in [5, 5.41) is 0. The minimum atomic E-state index is 0.0141. The molecule has 0 spiro atoms. The zero-order valence-electron chi connectivity index (χ0n) is 10.4. The first-order valence-electron chi connectivity index (χ1n) is 5.86. The molecule has 0 bridgehead atoms. The Kier molecular flexibility index (Phi) is 5.48. The highest BCUT2D eigenvalue weighted by molar-refractivity contribution is 9.10. The van der Waals surface area contributed by atoms with Gasteiger partial charge in [0, 0.05) is 23.8 Å². The van der Waals surface area contributed by atoms with Crippen molar-refractivity contribution in [2.24, 2.45) is 0 Å². The topological polar surface area (TPSA) is 46.3 Å². The number of hydrogen-bond donors (Lipinski definition) is 1.